The first-order chi connectivity index (χ1) is 12.2. The molecule has 0 aromatic heterocycles. The summed E-state index contributed by atoms with van der Waals surface area (Å²) in [5.41, 5.74) is 2.73. The average molecular weight is 382 g/mol. The maximum absolute atomic E-state index is 12.4. The molecule has 0 N–H and O–H groups in total. The first-order valence-electron chi connectivity index (χ1n) is 9.27. The van der Waals surface area contributed by atoms with Crippen LogP contribution in [0.5, 0.6) is 0 Å². The predicted molar refractivity (Wildman–Crippen MR) is 106 cm³/mol. The van der Waals surface area contributed by atoms with E-state index in [0.717, 1.165) is 43.9 Å². The highest BCUT2D eigenvalue weighted by Crippen LogP contribution is 2.22. The van der Waals surface area contributed by atoms with Gasteiger partial charge in [-0.05, 0) is 50.1 Å². The Morgan fingerprint density at radius 2 is 1.65 bits per heavy atom. The van der Waals surface area contributed by atoms with Crippen LogP contribution < -0.4 is 4.31 Å². The summed E-state index contributed by atoms with van der Waals surface area (Å²) in [4.78, 5) is 16.6. The van der Waals surface area contributed by atoms with Gasteiger partial charge in [0.2, 0.25) is 15.9 Å². The van der Waals surface area contributed by atoms with Gasteiger partial charge in [-0.25, -0.2) is 8.42 Å². The Morgan fingerprint density at radius 3 is 2.15 bits per heavy atom. The molecule has 1 amide bonds. The zero-order valence-electron chi connectivity index (χ0n) is 16.4. The Morgan fingerprint density at radius 1 is 1.08 bits per heavy atom. The number of piperazine rings is 1. The molecule has 0 saturated carbocycles. The van der Waals surface area contributed by atoms with Crippen molar-refractivity contribution in [3.63, 3.8) is 0 Å². The van der Waals surface area contributed by atoms with Crippen molar-refractivity contribution >= 4 is 21.6 Å². The van der Waals surface area contributed by atoms with Crippen LogP contribution in [0.25, 0.3) is 0 Å². The predicted octanol–water partition coefficient (Wildman–Crippen LogP) is 2.01. The summed E-state index contributed by atoms with van der Waals surface area (Å²) in [6.45, 7) is 10.7. The summed E-state index contributed by atoms with van der Waals surface area (Å²) in [6.07, 6.45) is 2.12. The first-order valence-corrected chi connectivity index (χ1v) is 11.1. The van der Waals surface area contributed by atoms with Crippen molar-refractivity contribution < 1.29 is 13.2 Å². The summed E-state index contributed by atoms with van der Waals surface area (Å²) >= 11 is 0. The van der Waals surface area contributed by atoms with E-state index in [1.165, 1.54) is 10.6 Å². The molecular weight excluding hydrogens is 350 g/mol. The second-order valence-corrected chi connectivity index (χ2v) is 9.01. The highest BCUT2D eigenvalue weighted by Gasteiger charge is 2.22. The van der Waals surface area contributed by atoms with Gasteiger partial charge in [-0.15, -0.1) is 0 Å². The lowest BCUT2D eigenvalue weighted by molar-refractivity contribution is -0.132. The molecule has 1 heterocycles. The second-order valence-electron chi connectivity index (χ2n) is 7.10. The van der Waals surface area contributed by atoms with Gasteiger partial charge < -0.3 is 9.80 Å². The van der Waals surface area contributed by atoms with Crippen molar-refractivity contribution in [2.45, 2.75) is 33.6 Å². The van der Waals surface area contributed by atoms with Crippen LogP contribution in [0.15, 0.2) is 18.2 Å². The number of hydrogen-bond acceptors (Lipinski definition) is 4. The van der Waals surface area contributed by atoms with Crippen molar-refractivity contribution in [2.75, 3.05) is 49.8 Å². The van der Waals surface area contributed by atoms with E-state index in [2.05, 4.69) is 11.8 Å². The van der Waals surface area contributed by atoms with E-state index >= 15 is 0 Å². The molecule has 2 rings (SSSR count). The van der Waals surface area contributed by atoms with Gasteiger partial charge in [0.15, 0.2) is 0 Å². The number of carbonyl (C=O) groups is 1. The number of likely N-dealkylation sites (N-methyl/N-ethyl adjacent to an activating group) is 1. The first kappa shape index (κ1) is 20.7. The summed E-state index contributed by atoms with van der Waals surface area (Å²) in [6, 6.07) is 5.77. The van der Waals surface area contributed by atoms with Gasteiger partial charge in [0, 0.05) is 39.1 Å². The minimum absolute atomic E-state index is 0.120. The number of anilines is 1. The van der Waals surface area contributed by atoms with Gasteiger partial charge in [0.1, 0.15) is 0 Å². The molecule has 1 aliphatic rings. The average Bonchev–Trinajstić information content (AvgIpc) is 2.56. The van der Waals surface area contributed by atoms with Crippen LogP contribution in [0, 0.1) is 13.8 Å². The number of rotatable bonds is 7. The molecule has 1 aliphatic heterocycles. The SMILES string of the molecule is CCN1CCN(C(=O)CCCN(c2cc(C)cc(C)c2)S(C)(=O)=O)CC1. The molecule has 0 radical (unpaired) electrons. The molecule has 1 saturated heterocycles. The third-order valence-electron chi connectivity index (χ3n) is 4.82. The Hall–Kier alpha value is -1.60. The van der Waals surface area contributed by atoms with E-state index in [4.69, 9.17) is 0 Å². The lowest BCUT2D eigenvalue weighted by Crippen LogP contribution is -2.48. The molecule has 0 unspecified atom stereocenters. The van der Waals surface area contributed by atoms with E-state index in [1.54, 1.807) is 0 Å². The zero-order chi connectivity index (χ0) is 19.3. The van der Waals surface area contributed by atoms with E-state index < -0.39 is 10.0 Å². The maximum Gasteiger partial charge on any atom is 0.232 e. The standard InChI is InChI=1S/C19H31N3O3S/c1-5-20-9-11-21(12-10-20)19(23)7-6-8-22(26(4,24)25)18-14-16(2)13-17(3)15-18/h13-15H,5-12H2,1-4H3. The molecule has 0 spiro atoms. The quantitative estimate of drug-likeness (QED) is 0.725. The van der Waals surface area contributed by atoms with Crippen molar-refractivity contribution in [1.29, 1.82) is 0 Å². The summed E-state index contributed by atoms with van der Waals surface area (Å²) in [5.74, 6) is 0.120. The fourth-order valence-corrected chi connectivity index (χ4v) is 4.38. The number of sulfonamides is 1. The lowest BCUT2D eigenvalue weighted by Gasteiger charge is -2.34. The molecule has 1 aromatic rings. The molecule has 0 atom stereocenters. The van der Waals surface area contributed by atoms with Crippen molar-refractivity contribution in [2.24, 2.45) is 0 Å². The number of amides is 1. The topological polar surface area (TPSA) is 60.9 Å². The van der Waals surface area contributed by atoms with Crippen LogP contribution in [-0.4, -0.2) is 69.6 Å². The molecule has 0 bridgehead atoms. The lowest BCUT2D eigenvalue weighted by atomic mass is 10.1. The maximum atomic E-state index is 12.4. The van der Waals surface area contributed by atoms with Crippen molar-refractivity contribution in [3.8, 4) is 0 Å². The van der Waals surface area contributed by atoms with Crippen LogP contribution in [0.4, 0.5) is 5.69 Å². The van der Waals surface area contributed by atoms with E-state index in [-0.39, 0.29) is 5.91 Å². The fourth-order valence-electron chi connectivity index (χ4n) is 3.43. The van der Waals surface area contributed by atoms with Gasteiger partial charge in [0.25, 0.3) is 0 Å². The van der Waals surface area contributed by atoms with E-state index in [1.807, 2.05) is 36.9 Å². The molecule has 0 aliphatic carbocycles. The van der Waals surface area contributed by atoms with Crippen LogP contribution in [0.1, 0.15) is 30.9 Å². The summed E-state index contributed by atoms with van der Waals surface area (Å²) in [7, 11) is -3.38. The zero-order valence-corrected chi connectivity index (χ0v) is 17.2. The smallest absolute Gasteiger partial charge is 0.232 e. The highest BCUT2D eigenvalue weighted by atomic mass is 32.2. The number of aryl methyl sites for hydroxylation is 2. The summed E-state index contributed by atoms with van der Waals surface area (Å²) in [5, 5.41) is 0. The van der Waals surface area contributed by atoms with E-state index in [9.17, 15) is 13.2 Å². The normalized spacial score (nSPS) is 15.9. The summed E-state index contributed by atoms with van der Waals surface area (Å²) < 4.78 is 25.9. The highest BCUT2D eigenvalue weighted by molar-refractivity contribution is 7.92. The minimum Gasteiger partial charge on any atom is -0.340 e. The fraction of sp³-hybridized carbons (Fsp3) is 0.632. The molecule has 6 nitrogen and oxygen atoms in total. The number of nitrogens with zero attached hydrogens (tertiary/aromatic N) is 3. The molecule has 1 fully saturated rings. The number of carbonyl (C=O) groups excluding carboxylic acids is 1. The van der Waals surface area contributed by atoms with Gasteiger partial charge in [-0.3, -0.25) is 9.10 Å². The Bertz CT molecular complexity index is 705. The Kier molecular flexibility index (Phi) is 7.06. The molecular formula is C19H31N3O3S. The van der Waals surface area contributed by atoms with Crippen molar-refractivity contribution in [1.82, 2.24) is 9.80 Å². The van der Waals surface area contributed by atoms with Crippen LogP contribution in [0.3, 0.4) is 0 Å². The molecule has 26 heavy (non-hydrogen) atoms. The van der Waals surface area contributed by atoms with Gasteiger partial charge in [-0.1, -0.05) is 13.0 Å². The monoisotopic (exact) mass is 381 g/mol. The van der Waals surface area contributed by atoms with Crippen LogP contribution in [-0.2, 0) is 14.8 Å². The van der Waals surface area contributed by atoms with Gasteiger partial charge in [-0.2, -0.15) is 0 Å². The third kappa shape index (κ3) is 5.71. The third-order valence-corrected chi connectivity index (χ3v) is 6.01. The Labute approximate surface area is 157 Å². The van der Waals surface area contributed by atoms with Crippen molar-refractivity contribution in [3.05, 3.63) is 29.3 Å². The minimum atomic E-state index is -3.38. The van der Waals surface area contributed by atoms with Crippen LogP contribution in [0.2, 0.25) is 0 Å². The van der Waals surface area contributed by atoms with Gasteiger partial charge in [0.05, 0.1) is 11.9 Å². The molecule has 1 aromatic carbocycles. The number of hydrogen-bond donors (Lipinski definition) is 0. The molecule has 7 heteroatoms. The van der Waals surface area contributed by atoms with E-state index in [0.29, 0.717) is 25.1 Å². The number of benzene rings is 1. The Balaban J connectivity index is 1.95. The second kappa shape index (κ2) is 8.86. The molecule has 146 valence electrons. The van der Waals surface area contributed by atoms with Crippen LogP contribution >= 0.6 is 0 Å². The largest absolute Gasteiger partial charge is 0.340 e. The van der Waals surface area contributed by atoms with Gasteiger partial charge >= 0.3 is 0 Å².